The van der Waals surface area contributed by atoms with Crippen molar-refractivity contribution >= 4 is 39.8 Å². The standard InChI is InChI=1S/C17H26N8S2/c18-15(19)25-17-24-14(9-27-17)11-3-1-4-12(7-11)23-16(26)21-6-2-5-13-8-20-10-22-13/h8-12H,1-7H2,(H,20,22)(H2,21,23,26)(H4,18,19,24,25). The second kappa shape index (κ2) is 9.65. The molecule has 0 spiro atoms. The number of hydrogen-bond donors (Lipinski definition) is 5. The topological polar surface area (TPSA) is 130 Å². The number of nitrogens with one attached hydrogen (secondary N) is 3. The molecule has 0 amide bonds. The van der Waals surface area contributed by atoms with Crippen LogP contribution in [0.4, 0.5) is 5.13 Å². The zero-order valence-corrected chi connectivity index (χ0v) is 16.8. The number of H-pyrrole nitrogens is 1. The van der Waals surface area contributed by atoms with Gasteiger partial charge in [-0.25, -0.2) is 9.97 Å². The van der Waals surface area contributed by atoms with Crippen LogP contribution in [0.2, 0.25) is 0 Å². The number of aliphatic imine (C=N–C) groups is 1. The summed E-state index contributed by atoms with van der Waals surface area (Å²) in [6.07, 6.45) is 9.95. The first kappa shape index (κ1) is 19.6. The smallest absolute Gasteiger partial charge is 0.212 e. The van der Waals surface area contributed by atoms with Gasteiger partial charge in [0.1, 0.15) is 0 Å². The highest BCUT2D eigenvalue weighted by atomic mass is 32.1. The van der Waals surface area contributed by atoms with Gasteiger partial charge in [-0.05, 0) is 44.3 Å². The van der Waals surface area contributed by atoms with E-state index in [-0.39, 0.29) is 5.96 Å². The van der Waals surface area contributed by atoms with Crippen LogP contribution < -0.4 is 22.1 Å². The van der Waals surface area contributed by atoms with Crippen LogP contribution in [0.3, 0.4) is 0 Å². The third-order valence-electron chi connectivity index (χ3n) is 4.63. The van der Waals surface area contributed by atoms with Gasteiger partial charge >= 0.3 is 0 Å². The highest BCUT2D eigenvalue weighted by molar-refractivity contribution is 7.80. The molecule has 2 heterocycles. The number of aromatic nitrogens is 3. The number of nitrogens with zero attached hydrogens (tertiary/aromatic N) is 3. The van der Waals surface area contributed by atoms with Gasteiger partial charge in [-0.2, -0.15) is 4.99 Å². The number of aromatic amines is 1. The summed E-state index contributed by atoms with van der Waals surface area (Å²) in [6.45, 7) is 0.842. The van der Waals surface area contributed by atoms with Gasteiger partial charge in [-0.3, -0.25) is 0 Å². The predicted molar refractivity (Wildman–Crippen MR) is 113 cm³/mol. The Morgan fingerprint density at radius 2 is 2.30 bits per heavy atom. The quantitative estimate of drug-likeness (QED) is 0.205. The van der Waals surface area contributed by atoms with Crippen LogP contribution in [0.1, 0.15) is 49.4 Å². The lowest BCUT2D eigenvalue weighted by molar-refractivity contribution is 0.366. The van der Waals surface area contributed by atoms with Crippen molar-refractivity contribution in [2.45, 2.75) is 50.5 Å². The van der Waals surface area contributed by atoms with Gasteiger partial charge in [0.25, 0.3) is 0 Å². The second-order valence-corrected chi connectivity index (χ2v) is 7.98. The fourth-order valence-corrected chi connectivity index (χ4v) is 4.41. The second-order valence-electron chi connectivity index (χ2n) is 6.73. The van der Waals surface area contributed by atoms with Crippen molar-refractivity contribution < 1.29 is 0 Å². The maximum absolute atomic E-state index is 5.45. The molecule has 1 fully saturated rings. The Kier molecular flexibility index (Phi) is 6.99. The molecule has 7 N–H and O–H groups in total. The summed E-state index contributed by atoms with van der Waals surface area (Å²) in [5.41, 5.74) is 13.1. The fraction of sp³-hybridized carbons (Fsp3) is 0.529. The van der Waals surface area contributed by atoms with Crippen LogP contribution in [0.5, 0.6) is 0 Å². The SMILES string of the molecule is NC(N)=Nc1nc(C2CCCC(NC(=S)NCCCc3cnc[nH]3)C2)cs1. The molecular formula is C17H26N8S2. The zero-order chi connectivity index (χ0) is 19.1. The average molecular weight is 407 g/mol. The number of aryl methyl sites for hydroxylation is 1. The third kappa shape index (κ3) is 6.17. The Morgan fingerprint density at radius 1 is 1.41 bits per heavy atom. The molecule has 1 aliphatic rings. The van der Waals surface area contributed by atoms with E-state index in [2.05, 4.69) is 36.0 Å². The van der Waals surface area contributed by atoms with E-state index < -0.39 is 0 Å². The number of thiazole rings is 1. The molecule has 0 radical (unpaired) electrons. The molecule has 146 valence electrons. The zero-order valence-electron chi connectivity index (χ0n) is 15.1. The molecule has 3 rings (SSSR count). The lowest BCUT2D eigenvalue weighted by Gasteiger charge is -2.29. The Bertz CT molecular complexity index is 751. The first-order valence-electron chi connectivity index (χ1n) is 9.17. The molecule has 1 aliphatic carbocycles. The summed E-state index contributed by atoms with van der Waals surface area (Å²) >= 11 is 6.93. The third-order valence-corrected chi connectivity index (χ3v) is 5.64. The highest BCUT2D eigenvalue weighted by Crippen LogP contribution is 2.35. The first-order valence-corrected chi connectivity index (χ1v) is 10.5. The molecule has 0 aromatic carbocycles. The highest BCUT2D eigenvalue weighted by Gasteiger charge is 2.25. The molecule has 0 bridgehead atoms. The molecule has 10 heteroatoms. The van der Waals surface area contributed by atoms with Crippen LogP contribution in [0.15, 0.2) is 22.9 Å². The lowest BCUT2D eigenvalue weighted by Crippen LogP contribution is -2.44. The van der Waals surface area contributed by atoms with Crippen molar-refractivity contribution in [3.8, 4) is 0 Å². The van der Waals surface area contributed by atoms with Gasteiger partial charge in [0.15, 0.2) is 11.1 Å². The van der Waals surface area contributed by atoms with Crippen LogP contribution in [-0.4, -0.2) is 38.6 Å². The van der Waals surface area contributed by atoms with E-state index in [9.17, 15) is 0 Å². The van der Waals surface area contributed by atoms with E-state index in [0.29, 0.717) is 17.1 Å². The van der Waals surface area contributed by atoms with Crippen molar-refractivity contribution in [1.82, 2.24) is 25.6 Å². The Balaban J connectivity index is 1.41. The van der Waals surface area contributed by atoms with E-state index in [4.69, 9.17) is 23.7 Å². The Morgan fingerprint density at radius 3 is 3.07 bits per heavy atom. The van der Waals surface area contributed by atoms with Crippen LogP contribution >= 0.6 is 23.6 Å². The summed E-state index contributed by atoms with van der Waals surface area (Å²) in [5, 5.41) is 10.2. The summed E-state index contributed by atoms with van der Waals surface area (Å²) in [7, 11) is 0. The van der Waals surface area contributed by atoms with Gasteiger partial charge in [0, 0.05) is 35.8 Å². The summed E-state index contributed by atoms with van der Waals surface area (Å²) < 4.78 is 0. The molecule has 0 saturated heterocycles. The van der Waals surface area contributed by atoms with E-state index in [0.717, 1.165) is 61.6 Å². The van der Waals surface area contributed by atoms with Crippen molar-refractivity contribution in [2.75, 3.05) is 6.54 Å². The van der Waals surface area contributed by atoms with Crippen LogP contribution in [-0.2, 0) is 6.42 Å². The van der Waals surface area contributed by atoms with Gasteiger partial charge < -0.3 is 27.1 Å². The molecule has 0 aliphatic heterocycles. The van der Waals surface area contributed by atoms with Crippen LogP contribution in [0.25, 0.3) is 0 Å². The molecule has 27 heavy (non-hydrogen) atoms. The minimum absolute atomic E-state index is 0.0445. The maximum Gasteiger partial charge on any atom is 0.212 e. The monoisotopic (exact) mass is 406 g/mol. The van der Waals surface area contributed by atoms with Gasteiger partial charge in [0.05, 0.1) is 12.0 Å². The van der Waals surface area contributed by atoms with Gasteiger partial charge in [-0.1, -0.05) is 6.42 Å². The van der Waals surface area contributed by atoms with Crippen molar-refractivity contribution in [1.29, 1.82) is 0 Å². The molecule has 2 aromatic heterocycles. The number of thiocarbonyl (C=S) groups is 1. The van der Waals surface area contributed by atoms with E-state index in [1.165, 1.54) is 11.3 Å². The lowest BCUT2D eigenvalue weighted by atomic mass is 9.84. The minimum Gasteiger partial charge on any atom is -0.370 e. The fourth-order valence-electron chi connectivity index (χ4n) is 3.35. The average Bonchev–Trinajstić information content (AvgIpc) is 3.30. The number of hydrogen-bond acceptors (Lipinski definition) is 5. The van der Waals surface area contributed by atoms with Crippen molar-refractivity contribution in [2.24, 2.45) is 16.5 Å². The van der Waals surface area contributed by atoms with E-state index >= 15 is 0 Å². The van der Waals surface area contributed by atoms with Gasteiger partial charge in [-0.15, -0.1) is 11.3 Å². The first-order chi connectivity index (χ1) is 13.1. The maximum atomic E-state index is 5.45. The Hall–Kier alpha value is -2.20. The van der Waals surface area contributed by atoms with Gasteiger partial charge in [0.2, 0.25) is 5.13 Å². The summed E-state index contributed by atoms with van der Waals surface area (Å²) in [4.78, 5) is 15.7. The molecular weight excluding hydrogens is 380 g/mol. The number of rotatable bonds is 7. The number of guanidine groups is 1. The molecule has 2 aromatic rings. The largest absolute Gasteiger partial charge is 0.370 e. The van der Waals surface area contributed by atoms with E-state index in [1.54, 1.807) is 6.33 Å². The summed E-state index contributed by atoms with van der Waals surface area (Å²) in [6, 6.07) is 0.365. The number of nitrogens with two attached hydrogens (primary N) is 2. The minimum atomic E-state index is 0.0445. The molecule has 1 saturated carbocycles. The normalized spacial score (nSPS) is 19.4. The molecule has 2 atom stereocenters. The molecule has 8 nitrogen and oxygen atoms in total. The Labute approximate surface area is 168 Å². The van der Waals surface area contributed by atoms with Crippen molar-refractivity contribution in [3.05, 3.63) is 29.3 Å². The predicted octanol–water partition coefficient (Wildman–Crippen LogP) is 1.89. The van der Waals surface area contributed by atoms with Crippen LogP contribution in [0, 0.1) is 0 Å². The summed E-state index contributed by atoms with van der Waals surface area (Å²) in [5.74, 6) is 0.460. The van der Waals surface area contributed by atoms with E-state index in [1.807, 2.05) is 6.20 Å². The molecule has 2 unspecified atom stereocenters. The van der Waals surface area contributed by atoms with Crippen molar-refractivity contribution in [3.63, 3.8) is 0 Å². The number of imidazole rings is 1.